The van der Waals surface area contributed by atoms with Crippen molar-refractivity contribution in [3.63, 3.8) is 0 Å². The van der Waals surface area contributed by atoms with Crippen LogP contribution < -0.4 is 10.4 Å². The molecule has 3 heterocycles. The van der Waals surface area contributed by atoms with Gasteiger partial charge >= 0.3 is 11.8 Å². The molecule has 5 rings (SSSR count). The van der Waals surface area contributed by atoms with Gasteiger partial charge in [-0.15, -0.1) is 5.11 Å². The number of nitrogens with zero attached hydrogens (tertiary/aromatic N) is 2. The van der Waals surface area contributed by atoms with E-state index in [1.54, 1.807) is 51.1 Å². The summed E-state index contributed by atoms with van der Waals surface area (Å²) in [4.78, 5) is 24.5. The van der Waals surface area contributed by atoms with Gasteiger partial charge in [0.25, 0.3) is 0 Å². The normalized spacial score (nSPS) is 24.9. The van der Waals surface area contributed by atoms with Crippen molar-refractivity contribution in [2.75, 3.05) is 7.11 Å². The molecule has 36 heavy (non-hydrogen) atoms. The van der Waals surface area contributed by atoms with Gasteiger partial charge in [0.15, 0.2) is 11.9 Å². The summed E-state index contributed by atoms with van der Waals surface area (Å²) in [6.45, 7) is 5.23. The Balaban J connectivity index is 1.48. The Morgan fingerprint density at radius 3 is 2.44 bits per heavy atom. The number of ether oxygens (including phenoxy) is 5. The molecule has 11 heteroatoms. The minimum atomic E-state index is -1.03. The quantitative estimate of drug-likeness (QED) is 0.304. The largest absolute Gasteiger partial charge is 0.509 e. The minimum absolute atomic E-state index is 0.106. The molecule has 2 aromatic carbocycles. The number of rotatable bonds is 5. The van der Waals surface area contributed by atoms with Crippen molar-refractivity contribution < 1.29 is 38.0 Å². The second-order valence-electron chi connectivity index (χ2n) is 8.97. The van der Waals surface area contributed by atoms with Gasteiger partial charge in [-0.3, -0.25) is 0 Å². The Labute approximate surface area is 205 Å². The number of methoxy groups -OCH3 is 1. The third kappa shape index (κ3) is 4.06. The zero-order chi connectivity index (χ0) is 25.6. The molecule has 1 N–H and O–H groups in total. The predicted octanol–water partition coefficient (Wildman–Crippen LogP) is 4.66. The summed E-state index contributed by atoms with van der Waals surface area (Å²) in [6.07, 6.45) is -4.07. The van der Waals surface area contributed by atoms with E-state index in [0.717, 1.165) is 0 Å². The van der Waals surface area contributed by atoms with E-state index in [2.05, 4.69) is 10.2 Å². The van der Waals surface area contributed by atoms with Crippen LogP contribution in [0.1, 0.15) is 19.4 Å². The van der Waals surface area contributed by atoms with Crippen molar-refractivity contribution in [2.45, 2.75) is 51.0 Å². The summed E-state index contributed by atoms with van der Waals surface area (Å²) in [5.74, 6) is -0.0752. The van der Waals surface area contributed by atoms with Crippen LogP contribution in [0.15, 0.2) is 61.9 Å². The number of aryl methyl sites for hydroxylation is 1. The highest BCUT2D eigenvalue weighted by atomic mass is 16.8. The van der Waals surface area contributed by atoms with Gasteiger partial charge in [0.1, 0.15) is 17.4 Å². The average molecular weight is 496 g/mol. The van der Waals surface area contributed by atoms with Crippen molar-refractivity contribution in [1.82, 2.24) is 0 Å². The molecule has 0 saturated carbocycles. The standard InChI is InChI=1S/C25H24N2O9/c1-12-15(32-23-20-19(34-24(30)35-20)21(31-4)25(2,3)36-23)11-10-14-17(28)16(22(29)33-18(12)14)27-26-13-8-6-5-7-9-13/h5-11,19-21,23,28H,1-4H3/b27-26+/t19-,20+,21?,23?/m1/s1. The molecule has 0 spiro atoms. The van der Waals surface area contributed by atoms with E-state index in [4.69, 9.17) is 28.1 Å². The van der Waals surface area contributed by atoms with Gasteiger partial charge in [-0.1, -0.05) is 18.2 Å². The van der Waals surface area contributed by atoms with Crippen molar-refractivity contribution in [3.05, 3.63) is 58.4 Å². The van der Waals surface area contributed by atoms with Gasteiger partial charge in [-0.2, -0.15) is 5.11 Å². The van der Waals surface area contributed by atoms with Gasteiger partial charge in [0.2, 0.25) is 18.1 Å². The maximum atomic E-state index is 12.6. The van der Waals surface area contributed by atoms with Crippen LogP contribution in [0.2, 0.25) is 0 Å². The number of carbonyl (C=O) groups excluding carboxylic acids is 1. The molecule has 2 aliphatic rings. The predicted molar refractivity (Wildman–Crippen MR) is 125 cm³/mol. The molecule has 2 saturated heterocycles. The van der Waals surface area contributed by atoms with Crippen LogP contribution in [0.4, 0.5) is 16.2 Å². The first-order chi connectivity index (χ1) is 17.2. The van der Waals surface area contributed by atoms with Gasteiger partial charge < -0.3 is 33.2 Å². The third-order valence-corrected chi connectivity index (χ3v) is 6.20. The molecule has 188 valence electrons. The van der Waals surface area contributed by atoms with E-state index in [1.807, 2.05) is 6.07 Å². The van der Waals surface area contributed by atoms with E-state index in [9.17, 15) is 14.7 Å². The molecular formula is C25H24N2O9. The number of aromatic hydroxyl groups is 1. The Hall–Kier alpha value is -3.96. The zero-order valence-corrected chi connectivity index (χ0v) is 20.0. The summed E-state index contributed by atoms with van der Waals surface area (Å²) < 4.78 is 33.7. The number of hydrogen-bond acceptors (Lipinski definition) is 11. The minimum Gasteiger partial charge on any atom is -0.505 e. The second kappa shape index (κ2) is 8.92. The number of hydrogen-bond donors (Lipinski definition) is 1. The number of carbonyl (C=O) groups is 1. The zero-order valence-electron chi connectivity index (χ0n) is 20.0. The summed E-state index contributed by atoms with van der Waals surface area (Å²) in [5.41, 5.74) is -1.02. The Morgan fingerprint density at radius 2 is 1.72 bits per heavy atom. The highest BCUT2D eigenvalue weighted by Crippen LogP contribution is 2.41. The lowest BCUT2D eigenvalue weighted by Crippen LogP contribution is -2.62. The van der Waals surface area contributed by atoms with E-state index in [1.165, 1.54) is 13.2 Å². The molecule has 3 aromatic rings. The van der Waals surface area contributed by atoms with E-state index < -0.39 is 42.0 Å². The van der Waals surface area contributed by atoms with E-state index >= 15 is 0 Å². The first-order valence-electron chi connectivity index (χ1n) is 11.2. The number of benzene rings is 2. The number of azo groups is 1. The van der Waals surface area contributed by atoms with Gasteiger partial charge in [0.05, 0.1) is 16.7 Å². The Kier molecular flexibility index (Phi) is 5.89. The van der Waals surface area contributed by atoms with Crippen LogP contribution >= 0.6 is 0 Å². The molecule has 2 fully saturated rings. The van der Waals surface area contributed by atoms with E-state index in [0.29, 0.717) is 17.0 Å². The van der Waals surface area contributed by atoms with Gasteiger partial charge in [-0.25, -0.2) is 9.59 Å². The third-order valence-electron chi connectivity index (χ3n) is 6.20. The van der Waals surface area contributed by atoms with E-state index in [-0.39, 0.29) is 22.4 Å². The molecule has 0 aliphatic carbocycles. The molecule has 0 radical (unpaired) electrons. The summed E-state index contributed by atoms with van der Waals surface area (Å²) >= 11 is 0. The van der Waals surface area contributed by atoms with Crippen molar-refractivity contribution in [2.24, 2.45) is 10.2 Å². The fraction of sp³-hybridized carbons (Fsp3) is 0.360. The molecule has 0 amide bonds. The summed E-state index contributed by atoms with van der Waals surface area (Å²) in [5, 5.41) is 18.9. The van der Waals surface area contributed by atoms with Crippen LogP contribution in [-0.2, 0) is 18.9 Å². The Bertz CT molecular complexity index is 1400. The second-order valence-corrected chi connectivity index (χ2v) is 8.97. The molecular weight excluding hydrogens is 472 g/mol. The lowest BCUT2D eigenvalue weighted by Gasteiger charge is -2.45. The van der Waals surface area contributed by atoms with Crippen LogP contribution in [0.3, 0.4) is 0 Å². The fourth-order valence-corrected chi connectivity index (χ4v) is 4.47. The smallest absolute Gasteiger partial charge is 0.505 e. The molecule has 0 bridgehead atoms. The first-order valence-corrected chi connectivity index (χ1v) is 11.2. The van der Waals surface area contributed by atoms with Crippen molar-refractivity contribution >= 4 is 28.5 Å². The highest BCUT2D eigenvalue weighted by Gasteiger charge is 2.59. The van der Waals surface area contributed by atoms with Crippen LogP contribution in [0.5, 0.6) is 11.5 Å². The summed E-state index contributed by atoms with van der Waals surface area (Å²) in [6, 6.07) is 11.9. The van der Waals surface area contributed by atoms with Crippen LogP contribution in [-0.4, -0.2) is 48.6 Å². The first kappa shape index (κ1) is 23.8. The molecule has 4 atom stereocenters. The lowest BCUT2D eigenvalue weighted by atomic mass is 9.89. The van der Waals surface area contributed by atoms with Crippen molar-refractivity contribution in [1.29, 1.82) is 0 Å². The maximum absolute atomic E-state index is 12.6. The molecule has 2 unspecified atom stereocenters. The number of fused-ring (bicyclic) bond motifs is 2. The van der Waals surface area contributed by atoms with Crippen LogP contribution in [0.25, 0.3) is 11.0 Å². The van der Waals surface area contributed by atoms with Gasteiger partial charge in [0, 0.05) is 12.7 Å². The SMILES string of the molecule is COC1[C@@H]2OC(=O)O[C@@H]2C(Oc2ccc3c(O)c(/N=N/c4ccccc4)c(=O)oc3c2C)OC1(C)C. The van der Waals surface area contributed by atoms with Crippen molar-refractivity contribution in [3.8, 4) is 11.5 Å². The molecule has 11 nitrogen and oxygen atoms in total. The average Bonchev–Trinajstić information content (AvgIpc) is 3.22. The van der Waals surface area contributed by atoms with Gasteiger partial charge in [-0.05, 0) is 45.0 Å². The highest BCUT2D eigenvalue weighted by molar-refractivity contribution is 5.90. The molecule has 2 aliphatic heterocycles. The molecule has 1 aromatic heterocycles. The Morgan fingerprint density at radius 1 is 1.00 bits per heavy atom. The lowest BCUT2D eigenvalue weighted by molar-refractivity contribution is -0.282. The summed E-state index contributed by atoms with van der Waals surface area (Å²) in [7, 11) is 1.50. The topological polar surface area (TPSA) is 138 Å². The fourth-order valence-electron chi connectivity index (χ4n) is 4.47. The van der Waals surface area contributed by atoms with Crippen LogP contribution in [0, 0.1) is 6.92 Å². The maximum Gasteiger partial charge on any atom is 0.509 e. The monoisotopic (exact) mass is 496 g/mol.